The van der Waals surface area contributed by atoms with Gasteiger partial charge in [-0.15, -0.1) is 15.3 Å². The Morgan fingerprint density at radius 1 is 1.10 bits per heavy atom. The molecule has 1 unspecified atom stereocenters. The maximum Gasteiger partial charge on any atom is 0.223 e. The summed E-state index contributed by atoms with van der Waals surface area (Å²) in [6.07, 6.45) is 5.37. The van der Waals surface area contributed by atoms with E-state index in [0.29, 0.717) is 5.92 Å². The van der Waals surface area contributed by atoms with Crippen LogP contribution in [0.2, 0.25) is 0 Å². The fraction of sp³-hybridized carbons (Fsp3) is 0.478. The van der Waals surface area contributed by atoms with Crippen LogP contribution < -0.4 is 10.2 Å². The number of benzene rings is 1. The van der Waals surface area contributed by atoms with E-state index in [1.807, 2.05) is 18.2 Å². The average molecular weight is 407 g/mol. The van der Waals surface area contributed by atoms with Gasteiger partial charge >= 0.3 is 0 Å². The zero-order valence-electron chi connectivity index (χ0n) is 17.7. The second-order valence-electron chi connectivity index (χ2n) is 8.06. The summed E-state index contributed by atoms with van der Waals surface area (Å²) in [4.78, 5) is 15.4. The molecule has 7 heteroatoms. The topological polar surface area (TPSA) is 75.4 Å². The van der Waals surface area contributed by atoms with Crippen LogP contribution >= 0.6 is 0 Å². The van der Waals surface area contributed by atoms with Crippen molar-refractivity contribution >= 4 is 17.4 Å². The van der Waals surface area contributed by atoms with Gasteiger partial charge in [-0.1, -0.05) is 57.0 Å². The first kappa shape index (κ1) is 20.3. The molecule has 1 fully saturated rings. The summed E-state index contributed by atoms with van der Waals surface area (Å²) in [6.45, 7) is 6.04. The molecular weight excluding hydrogens is 376 g/mol. The Balaban J connectivity index is 1.40. The zero-order valence-corrected chi connectivity index (χ0v) is 17.7. The number of anilines is 1. The van der Waals surface area contributed by atoms with Gasteiger partial charge in [-0.2, -0.15) is 4.52 Å². The minimum absolute atomic E-state index is 0.0421. The maximum absolute atomic E-state index is 13.1. The van der Waals surface area contributed by atoms with Crippen LogP contribution in [-0.4, -0.2) is 38.8 Å². The standard InChI is InChI=1S/C23H30N6O/c1-3-17(4-2)22(18-8-6-5-7-9-18)25-23(30)19-12-14-28(15-13-19)21-11-10-20-26-24-16-29(20)27-21/h5-11,16-17,19,22H,3-4,12-15H2,1-2H3,(H,25,30). The van der Waals surface area contributed by atoms with Gasteiger partial charge in [0.1, 0.15) is 12.1 Å². The lowest BCUT2D eigenvalue weighted by Gasteiger charge is -2.34. The molecule has 0 saturated carbocycles. The highest BCUT2D eigenvalue weighted by atomic mass is 16.2. The molecule has 4 rings (SSSR count). The normalized spacial score (nSPS) is 16.2. The van der Waals surface area contributed by atoms with E-state index in [0.717, 1.165) is 50.2 Å². The second kappa shape index (κ2) is 9.24. The third-order valence-corrected chi connectivity index (χ3v) is 6.31. The van der Waals surface area contributed by atoms with E-state index in [9.17, 15) is 4.79 Å². The number of fused-ring (bicyclic) bond motifs is 1. The molecular formula is C23H30N6O. The Kier molecular flexibility index (Phi) is 6.26. The largest absolute Gasteiger partial charge is 0.355 e. The Labute approximate surface area is 177 Å². The highest BCUT2D eigenvalue weighted by Gasteiger charge is 2.29. The zero-order chi connectivity index (χ0) is 20.9. The van der Waals surface area contributed by atoms with Gasteiger partial charge in [-0.3, -0.25) is 4.79 Å². The summed E-state index contributed by atoms with van der Waals surface area (Å²) in [7, 11) is 0. The Bertz CT molecular complexity index is 960. The lowest BCUT2D eigenvalue weighted by atomic mass is 9.87. The number of carbonyl (C=O) groups excluding carboxylic acids is 1. The van der Waals surface area contributed by atoms with E-state index in [1.165, 1.54) is 5.56 Å². The second-order valence-corrected chi connectivity index (χ2v) is 8.06. The first-order chi connectivity index (χ1) is 14.7. The third-order valence-electron chi connectivity index (χ3n) is 6.31. The van der Waals surface area contributed by atoms with E-state index in [-0.39, 0.29) is 17.9 Å². The fourth-order valence-corrected chi connectivity index (χ4v) is 4.42. The van der Waals surface area contributed by atoms with E-state index in [1.54, 1.807) is 10.8 Å². The van der Waals surface area contributed by atoms with Gasteiger partial charge in [0.15, 0.2) is 5.65 Å². The minimum atomic E-state index is 0.0421. The third kappa shape index (κ3) is 4.30. The highest BCUT2D eigenvalue weighted by Crippen LogP contribution is 2.29. The predicted molar refractivity (Wildman–Crippen MR) is 117 cm³/mol. The van der Waals surface area contributed by atoms with Crippen molar-refractivity contribution in [1.29, 1.82) is 0 Å². The van der Waals surface area contributed by atoms with Crippen molar-refractivity contribution in [2.24, 2.45) is 11.8 Å². The summed E-state index contributed by atoms with van der Waals surface area (Å²) >= 11 is 0. The average Bonchev–Trinajstić information content (AvgIpc) is 3.28. The van der Waals surface area contributed by atoms with Gasteiger partial charge in [-0.25, -0.2) is 0 Å². The van der Waals surface area contributed by atoms with Crippen LogP contribution in [0, 0.1) is 11.8 Å². The summed E-state index contributed by atoms with van der Waals surface area (Å²) in [5.74, 6) is 1.56. The van der Waals surface area contributed by atoms with Gasteiger partial charge in [0, 0.05) is 19.0 Å². The van der Waals surface area contributed by atoms with Crippen molar-refractivity contribution in [3.63, 3.8) is 0 Å². The molecule has 1 amide bonds. The lowest BCUT2D eigenvalue weighted by molar-refractivity contribution is -0.126. The monoisotopic (exact) mass is 406 g/mol. The van der Waals surface area contributed by atoms with Crippen LogP contribution in [0.25, 0.3) is 5.65 Å². The molecule has 3 aromatic rings. The number of amides is 1. The summed E-state index contributed by atoms with van der Waals surface area (Å²) in [5, 5.41) is 15.8. The molecule has 30 heavy (non-hydrogen) atoms. The number of rotatable bonds is 7. The van der Waals surface area contributed by atoms with Crippen LogP contribution in [0.4, 0.5) is 5.82 Å². The molecule has 0 aliphatic carbocycles. The number of hydrogen-bond acceptors (Lipinski definition) is 5. The molecule has 1 N–H and O–H groups in total. The molecule has 7 nitrogen and oxygen atoms in total. The van der Waals surface area contributed by atoms with Gasteiger partial charge in [0.05, 0.1) is 6.04 Å². The molecule has 0 radical (unpaired) electrons. The molecule has 1 aliphatic rings. The Morgan fingerprint density at radius 2 is 1.83 bits per heavy atom. The summed E-state index contributed by atoms with van der Waals surface area (Å²) in [6, 6.07) is 14.3. The first-order valence-electron chi connectivity index (χ1n) is 11.0. The summed E-state index contributed by atoms with van der Waals surface area (Å²) < 4.78 is 1.69. The van der Waals surface area contributed by atoms with Crippen LogP contribution in [0.1, 0.15) is 51.1 Å². The maximum atomic E-state index is 13.1. The molecule has 1 saturated heterocycles. The molecule has 1 aliphatic heterocycles. The van der Waals surface area contributed by atoms with Crippen LogP contribution in [0.5, 0.6) is 0 Å². The first-order valence-corrected chi connectivity index (χ1v) is 11.0. The van der Waals surface area contributed by atoms with Crippen molar-refractivity contribution in [1.82, 2.24) is 25.1 Å². The van der Waals surface area contributed by atoms with Crippen LogP contribution in [0.3, 0.4) is 0 Å². The van der Waals surface area contributed by atoms with Crippen molar-refractivity contribution in [3.8, 4) is 0 Å². The van der Waals surface area contributed by atoms with Gasteiger partial charge < -0.3 is 10.2 Å². The molecule has 0 spiro atoms. The predicted octanol–water partition coefficient (Wildman–Crippen LogP) is 3.63. The number of aromatic nitrogens is 4. The molecule has 158 valence electrons. The van der Waals surface area contributed by atoms with Crippen LogP contribution in [0.15, 0.2) is 48.8 Å². The Hall–Kier alpha value is -2.96. The number of carbonyl (C=O) groups is 1. The quantitative estimate of drug-likeness (QED) is 0.648. The molecule has 2 aromatic heterocycles. The molecule has 1 aromatic carbocycles. The van der Waals surface area contributed by atoms with Gasteiger partial charge in [0.25, 0.3) is 0 Å². The van der Waals surface area contributed by atoms with Gasteiger partial charge in [-0.05, 0) is 36.5 Å². The minimum Gasteiger partial charge on any atom is -0.355 e. The number of hydrogen-bond donors (Lipinski definition) is 1. The van der Waals surface area contributed by atoms with E-state index in [4.69, 9.17) is 0 Å². The van der Waals surface area contributed by atoms with Crippen molar-refractivity contribution in [2.45, 2.75) is 45.6 Å². The molecule has 1 atom stereocenters. The van der Waals surface area contributed by atoms with Gasteiger partial charge in [0.2, 0.25) is 5.91 Å². The molecule has 0 bridgehead atoms. The highest BCUT2D eigenvalue weighted by molar-refractivity contribution is 5.79. The van der Waals surface area contributed by atoms with Crippen molar-refractivity contribution in [3.05, 3.63) is 54.4 Å². The number of piperidine rings is 1. The lowest BCUT2D eigenvalue weighted by Crippen LogP contribution is -2.43. The van der Waals surface area contributed by atoms with Crippen molar-refractivity contribution < 1.29 is 4.79 Å². The van der Waals surface area contributed by atoms with E-state index < -0.39 is 0 Å². The number of nitrogens with zero attached hydrogens (tertiary/aromatic N) is 5. The van der Waals surface area contributed by atoms with E-state index >= 15 is 0 Å². The SMILES string of the molecule is CCC(CC)C(NC(=O)C1CCN(c2ccc3nncn3n2)CC1)c1ccccc1. The summed E-state index contributed by atoms with van der Waals surface area (Å²) in [5.41, 5.74) is 1.94. The Morgan fingerprint density at radius 3 is 2.53 bits per heavy atom. The number of nitrogens with one attached hydrogen (secondary N) is 1. The van der Waals surface area contributed by atoms with Crippen molar-refractivity contribution in [2.75, 3.05) is 18.0 Å². The fourth-order valence-electron chi connectivity index (χ4n) is 4.42. The van der Waals surface area contributed by atoms with E-state index in [2.05, 4.69) is 63.6 Å². The smallest absolute Gasteiger partial charge is 0.223 e. The van der Waals surface area contributed by atoms with Crippen LogP contribution in [-0.2, 0) is 4.79 Å². The molecule has 3 heterocycles.